The summed E-state index contributed by atoms with van der Waals surface area (Å²) in [6.45, 7) is 3.13. The molecule has 0 spiro atoms. The van der Waals surface area contributed by atoms with Gasteiger partial charge in [0.2, 0.25) is 0 Å². The minimum atomic E-state index is -0.0993. The molecule has 1 fully saturated rings. The van der Waals surface area contributed by atoms with Crippen LogP contribution >= 0.6 is 0 Å². The summed E-state index contributed by atoms with van der Waals surface area (Å²) in [5.74, 6) is 0. The predicted octanol–water partition coefficient (Wildman–Crippen LogP) is 1.93. The molecular formula is C12H14N2O. The summed E-state index contributed by atoms with van der Waals surface area (Å²) in [4.78, 5) is 2.08. The molecule has 0 unspecified atom stereocenters. The van der Waals surface area contributed by atoms with E-state index in [1.165, 1.54) is 5.56 Å². The topological polar surface area (TPSA) is 36.3 Å². The lowest BCUT2D eigenvalue weighted by Gasteiger charge is -2.24. The Kier molecular flexibility index (Phi) is 3.00. The minimum Gasteiger partial charge on any atom is -0.364 e. The van der Waals surface area contributed by atoms with E-state index in [0.717, 1.165) is 0 Å². The molecule has 3 nitrogen and oxygen atoms in total. The summed E-state index contributed by atoms with van der Waals surface area (Å²) >= 11 is 0. The van der Waals surface area contributed by atoms with Gasteiger partial charge in [-0.15, -0.1) is 0 Å². The summed E-state index contributed by atoms with van der Waals surface area (Å²) in [6, 6.07) is 12.6. The van der Waals surface area contributed by atoms with Gasteiger partial charge in [0.25, 0.3) is 0 Å². The average Bonchev–Trinajstić information content (AvgIpc) is 2.78. The van der Waals surface area contributed by atoms with E-state index in [4.69, 9.17) is 10.00 Å². The molecule has 3 heteroatoms. The van der Waals surface area contributed by atoms with Crippen molar-refractivity contribution >= 4 is 0 Å². The molecule has 1 aromatic carbocycles. The number of hydrogen-bond donors (Lipinski definition) is 0. The monoisotopic (exact) mass is 202 g/mol. The average molecular weight is 202 g/mol. The van der Waals surface area contributed by atoms with E-state index >= 15 is 0 Å². The quantitative estimate of drug-likeness (QED) is 0.735. The van der Waals surface area contributed by atoms with Crippen LogP contribution in [0.3, 0.4) is 0 Å². The van der Waals surface area contributed by atoms with E-state index in [9.17, 15) is 0 Å². The van der Waals surface area contributed by atoms with Crippen LogP contribution in [0.5, 0.6) is 0 Å². The van der Waals surface area contributed by atoms with E-state index in [-0.39, 0.29) is 12.1 Å². The molecule has 0 saturated carbocycles. The lowest BCUT2D eigenvalue weighted by molar-refractivity contribution is 0.127. The van der Waals surface area contributed by atoms with E-state index < -0.39 is 0 Å². The molecule has 2 rings (SSSR count). The Balaban J connectivity index is 2.19. The van der Waals surface area contributed by atoms with E-state index in [1.54, 1.807) is 0 Å². The number of rotatable bonds is 2. The van der Waals surface area contributed by atoms with Crippen LogP contribution < -0.4 is 0 Å². The summed E-state index contributed by atoms with van der Waals surface area (Å²) in [5, 5.41) is 8.91. The largest absolute Gasteiger partial charge is 0.364 e. The van der Waals surface area contributed by atoms with Crippen molar-refractivity contribution in [3.63, 3.8) is 0 Å². The highest BCUT2D eigenvalue weighted by molar-refractivity contribution is 5.20. The normalized spacial score (nSPS) is 23.6. The second-order valence-corrected chi connectivity index (χ2v) is 3.75. The molecule has 0 aliphatic carbocycles. The lowest BCUT2D eigenvalue weighted by Crippen LogP contribution is -2.32. The van der Waals surface area contributed by atoms with Gasteiger partial charge in [-0.3, -0.25) is 4.90 Å². The van der Waals surface area contributed by atoms with Gasteiger partial charge in [-0.25, -0.2) is 0 Å². The standard InChI is InChI=1S/C12H14N2O/c1-10(7-13)14-9-15-8-12(14)11-5-3-2-4-6-11/h2-6,10,12H,8-9H2,1H3/t10-,12+/m1/s1. The third kappa shape index (κ3) is 2.01. The Morgan fingerprint density at radius 3 is 2.87 bits per heavy atom. The Bertz CT molecular complexity index is 358. The summed E-state index contributed by atoms with van der Waals surface area (Å²) < 4.78 is 5.42. The third-order valence-corrected chi connectivity index (χ3v) is 2.79. The minimum absolute atomic E-state index is 0.0993. The van der Waals surface area contributed by atoms with Crippen molar-refractivity contribution in [2.45, 2.75) is 19.0 Å². The third-order valence-electron chi connectivity index (χ3n) is 2.79. The van der Waals surface area contributed by atoms with Crippen molar-refractivity contribution in [2.75, 3.05) is 13.3 Å². The van der Waals surface area contributed by atoms with Crippen LogP contribution in [0, 0.1) is 11.3 Å². The van der Waals surface area contributed by atoms with Crippen LogP contribution in [0.1, 0.15) is 18.5 Å². The summed E-state index contributed by atoms with van der Waals surface area (Å²) in [7, 11) is 0. The Labute approximate surface area is 89.9 Å². The molecule has 1 heterocycles. The SMILES string of the molecule is C[C@H](C#N)N1COC[C@H]1c1ccccc1. The highest BCUT2D eigenvalue weighted by Gasteiger charge is 2.30. The number of nitriles is 1. The number of benzene rings is 1. The van der Waals surface area contributed by atoms with Gasteiger partial charge in [-0.2, -0.15) is 5.26 Å². The van der Waals surface area contributed by atoms with Gasteiger partial charge in [-0.05, 0) is 12.5 Å². The van der Waals surface area contributed by atoms with E-state index in [1.807, 2.05) is 25.1 Å². The Morgan fingerprint density at radius 2 is 2.20 bits per heavy atom. The molecule has 0 N–H and O–H groups in total. The first-order valence-corrected chi connectivity index (χ1v) is 5.11. The number of hydrogen-bond acceptors (Lipinski definition) is 3. The van der Waals surface area contributed by atoms with Gasteiger partial charge < -0.3 is 4.74 Å². The number of nitrogens with zero attached hydrogens (tertiary/aromatic N) is 2. The fourth-order valence-corrected chi connectivity index (χ4v) is 1.87. The molecule has 0 amide bonds. The smallest absolute Gasteiger partial charge is 0.101 e. The molecule has 1 aliphatic heterocycles. The molecule has 15 heavy (non-hydrogen) atoms. The zero-order chi connectivity index (χ0) is 10.7. The van der Waals surface area contributed by atoms with Crippen molar-refractivity contribution in [1.82, 2.24) is 4.90 Å². The van der Waals surface area contributed by atoms with E-state index in [2.05, 4.69) is 23.1 Å². The first-order chi connectivity index (χ1) is 7.33. The van der Waals surface area contributed by atoms with Crippen LogP contribution in [0.25, 0.3) is 0 Å². The van der Waals surface area contributed by atoms with Crippen molar-refractivity contribution in [3.8, 4) is 6.07 Å². The molecule has 1 aromatic rings. The van der Waals surface area contributed by atoms with Gasteiger partial charge in [0.05, 0.1) is 24.8 Å². The molecule has 0 aromatic heterocycles. The second kappa shape index (κ2) is 4.43. The van der Waals surface area contributed by atoms with Crippen LogP contribution in [-0.4, -0.2) is 24.3 Å². The van der Waals surface area contributed by atoms with Gasteiger partial charge in [0.15, 0.2) is 0 Å². The summed E-state index contributed by atoms with van der Waals surface area (Å²) in [6.07, 6.45) is 0. The maximum atomic E-state index is 8.91. The molecule has 0 bridgehead atoms. The molecule has 78 valence electrons. The fourth-order valence-electron chi connectivity index (χ4n) is 1.87. The first-order valence-electron chi connectivity index (χ1n) is 5.11. The zero-order valence-electron chi connectivity index (χ0n) is 8.76. The Hall–Kier alpha value is -1.37. The zero-order valence-corrected chi connectivity index (χ0v) is 8.76. The number of ether oxygens (including phenoxy) is 1. The maximum absolute atomic E-state index is 8.91. The van der Waals surface area contributed by atoms with Gasteiger partial charge in [0, 0.05) is 0 Å². The maximum Gasteiger partial charge on any atom is 0.101 e. The highest BCUT2D eigenvalue weighted by Crippen LogP contribution is 2.27. The van der Waals surface area contributed by atoms with Crippen LogP contribution in [0.15, 0.2) is 30.3 Å². The predicted molar refractivity (Wildman–Crippen MR) is 56.9 cm³/mol. The lowest BCUT2D eigenvalue weighted by atomic mass is 10.1. The van der Waals surface area contributed by atoms with Crippen molar-refractivity contribution in [2.24, 2.45) is 0 Å². The molecular weight excluding hydrogens is 188 g/mol. The van der Waals surface area contributed by atoms with Gasteiger partial charge in [0.1, 0.15) is 6.73 Å². The van der Waals surface area contributed by atoms with E-state index in [0.29, 0.717) is 13.3 Å². The van der Waals surface area contributed by atoms with Gasteiger partial charge in [-0.1, -0.05) is 30.3 Å². The highest BCUT2D eigenvalue weighted by atomic mass is 16.5. The molecule has 1 saturated heterocycles. The van der Waals surface area contributed by atoms with Crippen LogP contribution in [0.4, 0.5) is 0 Å². The van der Waals surface area contributed by atoms with Crippen molar-refractivity contribution < 1.29 is 4.74 Å². The molecule has 2 atom stereocenters. The second-order valence-electron chi connectivity index (χ2n) is 3.75. The van der Waals surface area contributed by atoms with Gasteiger partial charge >= 0.3 is 0 Å². The van der Waals surface area contributed by atoms with Crippen LogP contribution in [0.2, 0.25) is 0 Å². The van der Waals surface area contributed by atoms with Crippen LogP contribution in [-0.2, 0) is 4.74 Å². The Morgan fingerprint density at radius 1 is 1.47 bits per heavy atom. The molecule has 1 aliphatic rings. The van der Waals surface area contributed by atoms with Crippen molar-refractivity contribution in [1.29, 1.82) is 5.26 Å². The first kappa shape index (κ1) is 10.2. The molecule has 0 radical (unpaired) electrons. The summed E-state index contributed by atoms with van der Waals surface area (Å²) in [5.41, 5.74) is 1.22. The van der Waals surface area contributed by atoms with Crippen molar-refractivity contribution in [3.05, 3.63) is 35.9 Å². The fraction of sp³-hybridized carbons (Fsp3) is 0.417.